The lowest BCUT2D eigenvalue weighted by Gasteiger charge is -2.17. The molecule has 0 radical (unpaired) electrons. The molecule has 0 aromatic heterocycles. The van der Waals surface area contributed by atoms with Gasteiger partial charge in [-0.1, -0.05) is 81.3 Å². The van der Waals surface area contributed by atoms with Gasteiger partial charge in [-0.2, -0.15) is 0 Å². The van der Waals surface area contributed by atoms with Crippen LogP contribution >= 0.6 is 0 Å². The summed E-state index contributed by atoms with van der Waals surface area (Å²) in [6.45, 7) is 4.73. The van der Waals surface area contributed by atoms with Crippen molar-refractivity contribution in [3.63, 3.8) is 0 Å². The Kier molecular flexibility index (Phi) is 6.36. The van der Waals surface area contributed by atoms with Crippen molar-refractivity contribution < 1.29 is 9.53 Å². The van der Waals surface area contributed by atoms with E-state index in [1.807, 2.05) is 18.2 Å². The van der Waals surface area contributed by atoms with Crippen LogP contribution in [0.4, 0.5) is 0 Å². The standard InChI is InChI=1S/C24H29NO2/c1-3-5-9-17(4-2)16-27-24(26)22(25)15-20-12-8-11-19-14-18-10-6-7-13-21(18)23(19)20/h6-8,10,12-14,17,19H,3-5,9,11,16,25H2,1-2H3. The third kappa shape index (κ3) is 4.43. The first-order chi connectivity index (χ1) is 13.1. The van der Waals surface area contributed by atoms with Gasteiger partial charge in [-0.3, -0.25) is 0 Å². The summed E-state index contributed by atoms with van der Waals surface area (Å²) in [5.41, 5.74) is 11.3. The molecule has 1 aromatic rings. The molecule has 2 N–H and O–H groups in total. The van der Waals surface area contributed by atoms with Gasteiger partial charge in [-0.15, -0.1) is 0 Å². The van der Waals surface area contributed by atoms with Gasteiger partial charge >= 0.3 is 5.97 Å². The molecule has 3 nitrogen and oxygen atoms in total. The second-order valence-electron chi connectivity index (χ2n) is 7.38. The monoisotopic (exact) mass is 363 g/mol. The molecule has 2 aliphatic carbocycles. The molecule has 0 amide bonds. The van der Waals surface area contributed by atoms with Crippen LogP contribution in [0.2, 0.25) is 0 Å². The topological polar surface area (TPSA) is 52.3 Å². The smallest absolute Gasteiger partial charge is 0.362 e. The number of hydrogen-bond donors (Lipinski definition) is 1. The summed E-state index contributed by atoms with van der Waals surface area (Å²) >= 11 is 0. The number of nitrogens with two attached hydrogens (primary N) is 1. The minimum atomic E-state index is -0.469. The fourth-order valence-corrected chi connectivity index (χ4v) is 3.81. The molecule has 0 spiro atoms. The Labute approximate surface area is 161 Å². The molecule has 0 bridgehead atoms. The minimum Gasteiger partial charge on any atom is -0.460 e. The van der Waals surface area contributed by atoms with Gasteiger partial charge in [0.15, 0.2) is 5.70 Å². The zero-order valence-corrected chi connectivity index (χ0v) is 16.3. The highest BCUT2D eigenvalue weighted by Gasteiger charge is 2.22. The van der Waals surface area contributed by atoms with E-state index in [1.54, 1.807) is 0 Å². The quantitative estimate of drug-likeness (QED) is 0.459. The first-order valence-corrected chi connectivity index (χ1v) is 10.1. The van der Waals surface area contributed by atoms with Crippen LogP contribution in [-0.2, 0) is 9.53 Å². The van der Waals surface area contributed by atoms with E-state index in [0.29, 0.717) is 18.4 Å². The molecular formula is C24H29NO2. The maximum absolute atomic E-state index is 12.3. The lowest BCUT2D eigenvalue weighted by atomic mass is 9.87. The second kappa shape index (κ2) is 8.92. The third-order valence-electron chi connectivity index (χ3n) is 5.45. The molecule has 27 heavy (non-hydrogen) atoms. The van der Waals surface area contributed by atoms with Gasteiger partial charge < -0.3 is 10.5 Å². The van der Waals surface area contributed by atoms with Crippen molar-refractivity contribution in [2.24, 2.45) is 17.6 Å². The SMILES string of the molecule is CCCCC(CC)COC(=O)C(N)=C=C1C=CCC2C=c3ccccc3=C12. The fraction of sp³-hybridized carbons (Fsp3) is 0.417. The van der Waals surface area contributed by atoms with Gasteiger partial charge in [0, 0.05) is 11.5 Å². The predicted molar refractivity (Wildman–Crippen MR) is 110 cm³/mol. The van der Waals surface area contributed by atoms with E-state index in [1.165, 1.54) is 16.0 Å². The number of benzene rings is 1. The van der Waals surface area contributed by atoms with Gasteiger partial charge in [-0.25, -0.2) is 4.79 Å². The van der Waals surface area contributed by atoms with Crippen LogP contribution in [0.25, 0.3) is 11.6 Å². The maximum atomic E-state index is 12.3. The molecule has 1 aromatic carbocycles. The fourth-order valence-electron chi connectivity index (χ4n) is 3.81. The maximum Gasteiger partial charge on any atom is 0.362 e. The predicted octanol–water partition coefficient (Wildman–Crippen LogP) is 3.34. The summed E-state index contributed by atoms with van der Waals surface area (Å²) in [6, 6.07) is 8.34. The highest BCUT2D eigenvalue weighted by atomic mass is 16.5. The molecule has 2 atom stereocenters. The molecule has 2 aliphatic rings. The summed E-state index contributed by atoms with van der Waals surface area (Å²) in [7, 11) is 0. The first-order valence-electron chi connectivity index (χ1n) is 10.1. The Bertz CT molecular complexity index is 916. The Morgan fingerprint density at radius 2 is 2.15 bits per heavy atom. The van der Waals surface area contributed by atoms with Gasteiger partial charge in [0.25, 0.3) is 0 Å². The number of fused-ring (bicyclic) bond motifs is 2. The van der Waals surface area contributed by atoms with Crippen LogP contribution in [0.1, 0.15) is 46.0 Å². The van der Waals surface area contributed by atoms with E-state index in [0.717, 1.165) is 37.7 Å². The van der Waals surface area contributed by atoms with Crippen LogP contribution in [0.5, 0.6) is 0 Å². The average Bonchev–Trinajstić information content (AvgIpc) is 3.07. The van der Waals surface area contributed by atoms with Gasteiger partial charge in [-0.05, 0) is 34.8 Å². The second-order valence-corrected chi connectivity index (χ2v) is 7.38. The summed E-state index contributed by atoms with van der Waals surface area (Å²) in [6.07, 6.45) is 11.8. The molecule has 3 heteroatoms. The Balaban J connectivity index is 1.82. The van der Waals surface area contributed by atoms with Crippen LogP contribution < -0.4 is 16.2 Å². The number of allylic oxidation sites excluding steroid dienone is 2. The Hall–Kier alpha value is -2.51. The number of hydrogen-bond acceptors (Lipinski definition) is 3. The van der Waals surface area contributed by atoms with Crippen molar-refractivity contribution >= 4 is 17.6 Å². The number of carbonyl (C=O) groups is 1. The molecule has 2 unspecified atom stereocenters. The van der Waals surface area contributed by atoms with E-state index >= 15 is 0 Å². The first kappa shape index (κ1) is 19.3. The van der Waals surface area contributed by atoms with Gasteiger partial charge in [0.1, 0.15) is 0 Å². The lowest BCUT2D eigenvalue weighted by molar-refractivity contribution is -0.140. The van der Waals surface area contributed by atoms with Crippen molar-refractivity contribution in [2.75, 3.05) is 6.61 Å². The zero-order valence-electron chi connectivity index (χ0n) is 16.3. The van der Waals surface area contributed by atoms with Crippen LogP contribution in [-0.4, -0.2) is 12.6 Å². The van der Waals surface area contributed by atoms with E-state index in [4.69, 9.17) is 10.5 Å². The molecule has 0 heterocycles. The molecule has 142 valence electrons. The average molecular weight is 364 g/mol. The lowest BCUT2D eigenvalue weighted by Crippen LogP contribution is -2.23. The largest absolute Gasteiger partial charge is 0.460 e. The van der Waals surface area contributed by atoms with Crippen molar-refractivity contribution in [2.45, 2.75) is 46.0 Å². The Morgan fingerprint density at radius 1 is 1.33 bits per heavy atom. The summed E-state index contributed by atoms with van der Waals surface area (Å²) in [5, 5.41) is 2.45. The number of carbonyl (C=O) groups excluding carboxylic acids is 1. The van der Waals surface area contributed by atoms with E-state index < -0.39 is 5.97 Å². The molecule has 0 fully saturated rings. The van der Waals surface area contributed by atoms with Gasteiger partial charge in [0.2, 0.25) is 0 Å². The van der Waals surface area contributed by atoms with Crippen molar-refractivity contribution in [3.05, 3.63) is 63.9 Å². The summed E-state index contributed by atoms with van der Waals surface area (Å²) < 4.78 is 5.46. The zero-order chi connectivity index (χ0) is 19.2. The minimum absolute atomic E-state index is 0.0533. The normalized spacial score (nSPS) is 18.2. The molecule has 0 saturated carbocycles. The number of esters is 1. The van der Waals surface area contributed by atoms with E-state index in [-0.39, 0.29) is 5.70 Å². The van der Waals surface area contributed by atoms with Crippen LogP contribution in [0.15, 0.2) is 53.4 Å². The number of unbranched alkanes of at least 4 members (excludes halogenated alkanes) is 1. The van der Waals surface area contributed by atoms with E-state index in [2.05, 4.69) is 43.9 Å². The summed E-state index contributed by atoms with van der Waals surface area (Å²) in [5.74, 6) is 0.264. The highest BCUT2D eigenvalue weighted by Crippen LogP contribution is 2.31. The Morgan fingerprint density at radius 3 is 2.93 bits per heavy atom. The molecular weight excluding hydrogens is 334 g/mol. The van der Waals surface area contributed by atoms with Crippen molar-refractivity contribution in [1.29, 1.82) is 0 Å². The highest BCUT2D eigenvalue weighted by molar-refractivity contribution is 5.88. The molecule has 0 saturated heterocycles. The van der Waals surface area contributed by atoms with Crippen molar-refractivity contribution in [3.8, 4) is 0 Å². The number of ether oxygens (including phenoxy) is 1. The summed E-state index contributed by atoms with van der Waals surface area (Å²) in [4.78, 5) is 12.3. The molecule has 3 rings (SSSR count). The van der Waals surface area contributed by atoms with Crippen LogP contribution in [0.3, 0.4) is 0 Å². The van der Waals surface area contributed by atoms with E-state index in [9.17, 15) is 4.79 Å². The number of rotatable bonds is 7. The van der Waals surface area contributed by atoms with Crippen molar-refractivity contribution in [1.82, 2.24) is 0 Å². The third-order valence-corrected chi connectivity index (χ3v) is 5.45. The molecule has 0 aliphatic heterocycles. The van der Waals surface area contributed by atoms with Crippen LogP contribution in [0, 0.1) is 11.8 Å². The van der Waals surface area contributed by atoms with Gasteiger partial charge in [0.05, 0.1) is 6.61 Å².